The summed E-state index contributed by atoms with van der Waals surface area (Å²) in [6, 6.07) is 4.45. The molecular weight excluding hydrogens is 418 g/mol. The quantitative estimate of drug-likeness (QED) is 0.375. The van der Waals surface area contributed by atoms with Crippen LogP contribution in [0, 0.1) is 11.8 Å². The van der Waals surface area contributed by atoms with Gasteiger partial charge < -0.3 is 24.8 Å². The molecule has 10 nitrogen and oxygen atoms in total. The van der Waals surface area contributed by atoms with Crippen LogP contribution in [-0.4, -0.2) is 68.1 Å². The summed E-state index contributed by atoms with van der Waals surface area (Å²) in [5.41, 5.74) is 1.28. The maximum Gasteiger partial charge on any atom is 0.407 e. The molecule has 2 rings (SSSR count). The number of pyridine rings is 1. The van der Waals surface area contributed by atoms with Crippen molar-refractivity contribution in [2.45, 2.75) is 39.3 Å². The highest BCUT2D eigenvalue weighted by atomic mass is 16.6. The SMILES string of the molecule is COCCOCCOC(=O)NC(C(=O)CC1Cc2cccc(n2)CNC(=O)C1=O)C(C)C. The number of carbonyl (C=O) groups is 4. The number of aromatic nitrogens is 1. The molecule has 2 heterocycles. The molecule has 1 aliphatic heterocycles. The van der Waals surface area contributed by atoms with Crippen molar-refractivity contribution in [3.63, 3.8) is 0 Å². The third kappa shape index (κ3) is 8.01. The van der Waals surface area contributed by atoms with Gasteiger partial charge in [0.1, 0.15) is 6.61 Å². The number of amides is 2. The van der Waals surface area contributed by atoms with Crippen LogP contribution in [0.25, 0.3) is 0 Å². The van der Waals surface area contributed by atoms with E-state index in [9.17, 15) is 19.2 Å². The first-order valence-electron chi connectivity index (χ1n) is 10.6. The van der Waals surface area contributed by atoms with Crippen LogP contribution in [0.4, 0.5) is 4.79 Å². The molecule has 0 fully saturated rings. The van der Waals surface area contributed by atoms with Crippen LogP contribution in [0.3, 0.4) is 0 Å². The predicted octanol–water partition coefficient (Wildman–Crippen LogP) is 0.812. The van der Waals surface area contributed by atoms with E-state index in [1.807, 2.05) is 0 Å². The Hall–Kier alpha value is -2.85. The minimum absolute atomic E-state index is 0.0256. The smallest absolute Gasteiger partial charge is 0.407 e. The van der Waals surface area contributed by atoms with E-state index in [-0.39, 0.29) is 44.3 Å². The number of ketones is 2. The van der Waals surface area contributed by atoms with Gasteiger partial charge in [-0.15, -0.1) is 0 Å². The number of methoxy groups -OCH3 is 1. The Bertz CT molecular complexity index is 812. The summed E-state index contributed by atoms with van der Waals surface area (Å²) in [5.74, 6) is -2.86. The molecule has 2 N–H and O–H groups in total. The highest BCUT2D eigenvalue weighted by Crippen LogP contribution is 2.18. The summed E-state index contributed by atoms with van der Waals surface area (Å²) in [4.78, 5) is 54.4. The molecular formula is C22H31N3O7. The topological polar surface area (TPSA) is 133 Å². The summed E-state index contributed by atoms with van der Waals surface area (Å²) in [7, 11) is 1.56. The summed E-state index contributed by atoms with van der Waals surface area (Å²) in [6.07, 6.45) is -0.776. The van der Waals surface area contributed by atoms with E-state index < -0.39 is 29.7 Å². The molecule has 0 saturated heterocycles. The fourth-order valence-electron chi connectivity index (χ4n) is 3.29. The zero-order valence-corrected chi connectivity index (χ0v) is 18.7. The van der Waals surface area contributed by atoms with Crippen molar-refractivity contribution in [2.75, 3.05) is 33.5 Å². The van der Waals surface area contributed by atoms with E-state index in [0.717, 1.165) is 0 Å². The monoisotopic (exact) mass is 449 g/mol. The number of ether oxygens (including phenoxy) is 3. The summed E-state index contributed by atoms with van der Waals surface area (Å²) >= 11 is 0. The molecule has 1 aliphatic rings. The highest BCUT2D eigenvalue weighted by molar-refractivity contribution is 6.37. The van der Waals surface area contributed by atoms with E-state index in [2.05, 4.69) is 15.6 Å². The zero-order valence-electron chi connectivity index (χ0n) is 18.7. The highest BCUT2D eigenvalue weighted by Gasteiger charge is 2.33. The molecule has 0 aromatic carbocycles. The van der Waals surface area contributed by atoms with Crippen molar-refractivity contribution in [3.8, 4) is 0 Å². The second kappa shape index (κ2) is 12.9. The van der Waals surface area contributed by atoms with Crippen molar-refractivity contribution < 1.29 is 33.4 Å². The fourth-order valence-corrected chi connectivity index (χ4v) is 3.29. The third-order valence-electron chi connectivity index (χ3n) is 4.97. The summed E-state index contributed by atoms with van der Waals surface area (Å²) in [5, 5.41) is 5.10. The minimum atomic E-state index is -0.864. The normalized spacial score (nSPS) is 17.1. The molecule has 0 spiro atoms. The second-order valence-electron chi connectivity index (χ2n) is 7.85. The Balaban J connectivity index is 1.97. The second-order valence-corrected chi connectivity index (χ2v) is 7.85. The number of Topliss-reactive ketones (excluding diaryl/α,β-unsaturated/α-hetero) is 2. The molecule has 2 amide bonds. The molecule has 176 valence electrons. The number of nitrogens with one attached hydrogen (secondary N) is 2. The van der Waals surface area contributed by atoms with Crippen molar-refractivity contribution in [2.24, 2.45) is 11.8 Å². The van der Waals surface area contributed by atoms with Gasteiger partial charge in [-0.3, -0.25) is 19.4 Å². The first kappa shape index (κ1) is 25.4. The van der Waals surface area contributed by atoms with Gasteiger partial charge >= 0.3 is 6.09 Å². The number of rotatable bonds is 11. The molecule has 32 heavy (non-hydrogen) atoms. The zero-order chi connectivity index (χ0) is 23.5. The van der Waals surface area contributed by atoms with Gasteiger partial charge in [-0.05, 0) is 18.1 Å². The molecule has 0 saturated carbocycles. The molecule has 0 radical (unpaired) electrons. The molecule has 2 unspecified atom stereocenters. The van der Waals surface area contributed by atoms with E-state index in [1.54, 1.807) is 39.2 Å². The Morgan fingerprint density at radius 2 is 1.88 bits per heavy atom. The third-order valence-corrected chi connectivity index (χ3v) is 4.97. The molecule has 10 heteroatoms. The lowest BCUT2D eigenvalue weighted by Crippen LogP contribution is -2.46. The van der Waals surface area contributed by atoms with E-state index in [0.29, 0.717) is 24.6 Å². The van der Waals surface area contributed by atoms with Crippen LogP contribution in [0.5, 0.6) is 0 Å². The average Bonchev–Trinajstić information content (AvgIpc) is 2.79. The van der Waals surface area contributed by atoms with Crippen LogP contribution in [0.1, 0.15) is 31.7 Å². The first-order valence-corrected chi connectivity index (χ1v) is 10.6. The van der Waals surface area contributed by atoms with Gasteiger partial charge in [0.05, 0.1) is 38.1 Å². The molecule has 0 aliphatic carbocycles. The molecule has 1 aromatic heterocycles. The summed E-state index contributed by atoms with van der Waals surface area (Å²) in [6.45, 7) is 4.75. The van der Waals surface area contributed by atoms with Crippen molar-refractivity contribution in [3.05, 3.63) is 29.6 Å². The number of carbonyl (C=O) groups excluding carboxylic acids is 4. The lowest BCUT2D eigenvalue weighted by atomic mass is 9.87. The van der Waals surface area contributed by atoms with E-state index in [4.69, 9.17) is 14.2 Å². The van der Waals surface area contributed by atoms with Crippen LogP contribution < -0.4 is 10.6 Å². The van der Waals surface area contributed by atoms with Gasteiger partial charge in [-0.25, -0.2) is 4.79 Å². The molecule has 1 aromatic rings. The van der Waals surface area contributed by atoms with Gasteiger partial charge in [0.15, 0.2) is 5.78 Å². The van der Waals surface area contributed by atoms with Crippen LogP contribution in [0.15, 0.2) is 18.2 Å². The van der Waals surface area contributed by atoms with Crippen molar-refractivity contribution in [1.82, 2.24) is 15.6 Å². The lowest BCUT2D eigenvalue weighted by molar-refractivity contribution is -0.141. The summed E-state index contributed by atoms with van der Waals surface area (Å²) < 4.78 is 15.1. The Labute approximate surface area is 187 Å². The van der Waals surface area contributed by atoms with E-state index >= 15 is 0 Å². The first-order chi connectivity index (χ1) is 15.3. The minimum Gasteiger partial charge on any atom is -0.447 e. The largest absolute Gasteiger partial charge is 0.447 e. The standard InChI is InChI=1S/C22H31N3O7/c1-14(2)19(25-22(29)32-10-9-31-8-7-30-3)18(26)12-15-11-16-5-4-6-17(24-16)13-23-21(28)20(15)27/h4-6,14-15,19H,7-13H2,1-3H3,(H,23,28)(H,25,29). The van der Waals surface area contributed by atoms with Crippen molar-refractivity contribution in [1.29, 1.82) is 0 Å². The average molecular weight is 450 g/mol. The number of nitrogens with zero attached hydrogens (tertiary/aromatic N) is 1. The Kier molecular flexibility index (Phi) is 10.2. The Morgan fingerprint density at radius 3 is 2.59 bits per heavy atom. The molecule has 2 atom stereocenters. The predicted molar refractivity (Wildman–Crippen MR) is 114 cm³/mol. The van der Waals surface area contributed by atoms with E-state index in [1.165, 1.54) is 0 Å². The number of alkyl carbamates (subject to hydrolysis) is 1. The van der Waals surface area contributed by atoms with Gasteiger partial charge in [0.2, 0.25) is 5.78 Å². The Morgan fingerprint density at radius 1 is 1.16 bits per heavy atom. The maximum absolute atomic E-state index is 13.0. The van der Waals surface area contributed by atoms with Gasteiger partial charge in [-0.2, -0.15) is 0 Å². The van der Waals surface area contributed by atoms with Crippen LogP contribution in [0.2, 0.25) is 0 Å². The number of hydrogen-bond acceptors (Lipinski definition) is 8. The lowest BCUT2D eigenvalue weighted by Gasteiger charge is -2.23. The van der Waals surface area contributed by atoms with Gasteiger partial charge in [0, 0.05) is 31.6 Å². The van der Waals surface area contributed by atoms with Crippen LogP contribution in [-0.2, 0) is 41.6 Å². The van der Waals surface area contributed by atoms with Crippen molar-refractivity contribution >= 4 is 23.6 Å². The van der Waals surface area contributed by atoms with Crippen LogP contribution >= 0.6 is 0 Å². The molecule has 2 bridgehead atoms. The maximum atomic E-state index is 13.0. The fraction of sp³-hybridized carbons (Fsp3) is 0.591. The number of hydrogen-bond donors (Lipinski definition) is 2. The number of fused-ring (bicyclic) bond motifs is 2. The van der Waals surface area contributed by atoms with Gasteiger partial charge in [0.25, 0.3) is 5.91 Å². The van der Waals surface area contributed by atoms with Gasteiger partial charge in [-0.1, -0.05) is 19.9 Å².